The summed E-state index contributed by atoms with van der Waals surface area (Å²) in [7, 11) is 0. The second-order valence-corrected chi connectivity index (χ2v) is 0.445. The molecule has 0 radical (unpaired) electrons. The monoisotopic (exact) mass is 88.1 g/mol. The Morgan fingerprint density at radius 1 is 1.83 bits per heavy atom. The first-order valence-corrected chi connectivity index (χ1v) is 1.54. The normalized spacial score (nSPS) is 4.17. The number of aliphatic hydroxyl groups excluding tert-OH is 2. The minimum atomic E-state index is 0.250. The van der Waals surface area contributed by atoms with Gasteiger partial charge in [0.1, 0.15) is 6.11 Å². The molecule has 2 heteroatoms. The lowest BCUT2D eigenvalue weighted by Gasteiger charge is -1.52. The average molecular weight is 88.1 g/mol. The zero-order valence-corrected chi connectivity index (χ0v) is 3.68. The van der Waals surface area contributed by atoms with Crippen LogP contribution in [0.4, 0.5) is 0 Å². The molecule has 0 aliphatic rings. The maximum absolute atomic E-state index is 7.57. The Hall–Kier alpha value is -0.680. The van der Waals surface area contributed by atoms with Gasteiger partial charge < -0.3 is 10.2 Å². The first-order valence-electron chi connectivity index (χ1n) is 1.54. The van der Waals surface area contributed by atoms with Gasteiger partial charge in [-0.15, -0.1) is 0 Å². The number of aliphatic hydroxyl groups is 2. The van der Waals surface area contributed by atoms with E-state index >= 15 is 0 Å². The van der Waals surface area contributed by atoms with E-state index in [4.69, 9.17) is 10.2 Å². The van der Waals surface area contributed by atoms with Crippen LogP contribution in [0.2, 0.25) is 0 Å². The van der Waals surface area contributed by atoms with Crippen molar-refractivity contribution in [2.24, 2.45) is 0 Å². The molecule has 0 aromatic heterocycles. The number of hydrogen-bond acceptors (Lipinski definition) is 2. The maximum Gasteiger partial charge on any atom is 0.103 e. The lowest BCUT2D eigenvalue weighted by Crippen LogP contribution is -1.57. The quantitative estimate of drug-likeness (QED) is 0.407. The van der Waals surface area contributed by atoms with Gasteiger partial charge in [-0.2, -0.15) is 0 Å². The smallest absolute Gasteiger partial charge is 0.103 e. The fraction of sp³-hybridized carbons (Fsp3) is 0.500. The summed E-state index contributed by atoms with van der Waals surface area (Å²) in [5.74, 6) is 0. The fourth-order valence-corrected chi connectivity index (χ4v) is 0. The van der Waals surface area contributed by atoms with Crippen LogP contribution in [0.3, 0.4) is 0 Å². The van der Waals surface area contributed by atoms with Crippen molar-refractivity contribution in [3.8, 4) is 12.5 Å². The summed E-state index contributed by atoms with van der Waals surface area (Å²) in [5, 5.41) is 14.7. The molecule has 0 atom stereocenters. The standard InChI is InChI=1S/C2H6O.C2H2O/c2*1-2-3/h3H,2H2,1H3;1,3H. The fourth-order valence-electron chi connectivity index (χ4n) is 0. The lowest BCUT2D eigenvalue weighted by atomic mass is 10.9. The van der Waals surface area contributed by atoms with Gasteiger partial charge in [0, 0.05) is 6.61 Å². The summed E-state index contributed by atoms with van der Waals surface area (Å²) in [6, 6.07) is 0. The summed E-state index contributed by atoms with van der Waals surface area (Å²) >= 11 is 0. The summed E-state index contributed by atoms with van der Waals surface area (Å²) in [6.45, 7) is 1.93. The van der Waals surface area contributed by atoms with Crippen LogP contribution in [-0.2, 0) is 0 Å². The molecule has 2 nitrogen and oxygen atoms in total. The van der Waals surface area contributed by atoms with Crippen LogP contribution >= 0.6 is 0 Å². The van der Waals surface area contributed by atoms with E-state index < -0.39 is 0 Å². The molecule has 0 aromatic carbocycles. The van der Waals surface area contributed by atoms with Crippen molar-refractivity contribution < 1.29 is 10.2 Å². The Morgan fingerprint density at radius 2 is 1.83 bits per heavy atom. The van der Waals surface area contributed by atoms with Crippen LogP contribution in [0, 0.1) is 12.5 Å². The van der Waals surface area contributed by atoms with Crippen LogP contribution in [0.15, 0.2) is 0 Å². The van der Waals surface area contributed by atoms with Crippen molar-refractivity contribution in [2.45, 2.75) is 6.92 Å². The molecule has 0 fully saturated rings. The first kappa shape index (κ1) is 9.01. The topological polar surface area (TPSA) is 40.5 Å². The summed E-state index contributed by atoms with van der Waals surface area (Å²) in [6.07, 6.45) is 5.40. The zero-order chi connectivity index (χ0) is 5.41. The molecule has 0 rings (SSSR count). The highest BCUT2D eigenvalue weighted by atomic mass is 16.2. The molecule has 36 valence electrons. The highest BCUT2D eigenvalue weighted by molar-refractivity contribution is 4.61. The van der Waals surface area contributed by atoms with Gasteiger partial charge in [0.25, 0.3) is 0 Å². The molecule has 6 heavy (non-hydrogen) atoms. The molecule has 0 spiro atoms. The molecule has 2 N–H and O–H groups in total. The second kappa shape index (κ2) is 27.3. The largest absolute Gasteiger partial charge is 0.462 e. The van der Waals surface area contributed by atoms with Crippen LogP contribution in [0.5, 0.6) is 0 Å². The van der Waals surface area contributed by atoms with Crippen molar-refractivity contribution in [1.82, 2.24) is 0 Å². The Bertz CT molecular complexity index is 35.3. The Labute approximate surface area is 37.4 Å². The van der Waals surface area contributed by atoms with Crippen molar-refractivity contribution in [3.05, 3.63) is 0 Å². The molecule has 0 heterocycles. The van der Waals surface area contributed by atoms with E-state index in [1.807, 2.05) is 0 Å². The molecule has 0 aromatic rings. The maximum atomic E-state index is 7.57. The van der Waals surface area contributed by atoms with Crippen LogP contribution in [0.1, 0.15) is 6.92 Å². The molecule has 0 aliphatic carbocycles. The van der Waals surface area contributed by atoms with Crippen LogP contribution in [0.25, 0.3) is 0 Å². The number of hydrogen-bond donors (Lipinski definition) is 2. The summed E-state index contributed by atoms with van der Waals surface area (Å²) in [5.41, 5.74) is 0. The second-order valence-electron chi connectivity index (χ2n) is 0.445. The van der Waals surface area contributed by atoms with Gasteiger partial charge in [0.2, 0.25) is 0 Å². The minimum Gasteiger partial charge on any atom is -0.462 e. The van der Waals surface area contributed by atoms with E-state index in [0.717, 1.165) is 0 Å². The van der Waals surface area contributed by atoms with Crippen molar-refractivity contribution in [2.75, 3.05) is 6.61 Å². The van der Waals surface area contributed by atoms with Gasteiger partial charge in [-0.25, -0.2) is 0 Å². The van der Waals surface area contributed by atoms with E-state index in [-0.39, 0.29) is 6.61 Å². The molecule has 0 aliphatic heterocycles. The zero-order valence-electron chi connectivity index (χ0n) is 3.68. The van der Waals surface area contributed by atoms with Crippen molar-refractivity contribution in [1.29, 1.82) is 0 Å². The molecule has 0 saturated heterocycles. The van der Waals surface area contributed by atoms with E-state index in [1.165, 1.54) is 6.11 Å². The SMILES string of the molecule is C#CO.CCO. The molecule has 0 amide bonds. The molecular formula is C4H8O2. The number of rotatable bonds is 0. The van der Waals surface area contributed by atoms with Crippen LogP contribution < -0.4 is 0 Å². The van der Waals surface area contributed by atoms with Gasteiger partial charge in [0.05, 0.1) is 0 Å². The van der Waals surface area contributed by atoms with Gasteiger partial charge in [0.15, 0.2) is 0 Å². The van der Waals surface area contributed by atoms with Gasteiger partial charge in [-0.05, 0) is 6.92 Å². The highest BCUT2D eigenvalue weighted by Gasteiger charge is 1.34. The Kier molecular flexibility index (Phi) is 41.0. The third kappa shape index (κ3) is 38.6. The summed E-state index contributed by atoms with van der Waals surface area (Å²) in [4.78, 5) is 0. The van der Waals surface area contributed by atoms with E-state index in [1.54, 1.807) is 6.92 Å². The first-order chi connectivity index (χ1) is 2.83. The van der Waals surface area contributed by atoms with Crippen molar-refractivity contribution >= 4 is 0 Å². The predicted molar refractivity (Wildman–Crippen MR) is 23.5 cm³/mol. The van der Waals surface area contributed by atoms with Gasteiger partial charge >= 0.3 is 0 Å². The predicted octanol–water partition coefficient (Wildman–Crippen LogP) is -0.0518. The van der Waals surface area contributed by atoms with Crippen molar-refractivity contribution in [3.63, 3.8) is 0 Å². The summed E-state index contributed by atoms with van der Waals surface area (Å²) < 4.78 is 0. The van der Waals surface area contributed by atoms with Crippen LogP contribution in [-0.4, -0.2) is 16.8 Å². The lowest BCUT2D eigenvalue weighted by molar-refractivity contribution is 0.318. The van der Waals surface area contributed by atoms with E-state index in [2.05, 4.69) is 6.42 Å². The molecule has 0 saturated carbocycles. The highest BCUT2D eigenvalue weighted by Crippen LogP contribution is 1.30. The average Bonchev–Trinajstić information content (AvgIpc) is 1.39. The van der Waals surface area contributed by atoms with E-state index in [0.29, 0.717) is 0 Å². The molecule has 0 unspecified atom stereocenters. The third-order valence-electron chi connectivity index (χ3n) is 0. The Morgan fingerprint density at radius 3 is 1.83 bits per heavy atom. The number of terminal acetylenes is 1. The molecular weight excluding hydrogens is 80.0 g/mol. The van der Waals surface area contributed by atoms with Gasteiger partial charge in [-0.1, -0.05) is 6.42 Å². The van der Waals surface area contributed by atoms with E-state index in [9.17, 15) is 0 Å². The minimum absolute atomic E-state index is 0.250. The molecule has 0 bridgehead atoms. The third-order valence-corrected chi connectivity index (χ3v) is 0. The Balaban J connectivity index is 0. The van der Waals surface area contributed by atoms with Gasteiger partial charge in [-0.3, -0.25) is 0 Å².